The van der Waals surface area contributed by atoms with Crippen molar-refractivity contribution in [1.82, 2.24) is 14.8 Å². The van der Waals surface area contributed by atoms with Crippen molar-refractivity contribution in [3.63, 3.8) is 0 Å². The molecule has 16 heavy (non-hydrogen) atoms. The Morgan fingerprint density at radius 1 is 1.44 bits per heavy atom. The van der Waals surface area contributed by atoms with Crippen LogP contribution in [-0.4, -0.2) is 14.8 Å². The van der Waals surface area contributed by atoms with Crippen molar-refractivity contribution < 1.29 is 0 Å². The lowest BCUT2D eigenvalue weighted by Gasteiger charge is -2.01. The molecule has 0 radical (unpaired) electrons. The fourth-order valence-electron chi connectivity index (χ4n) is 2.05. The summed E-state index contributed by atoms with van der Waals surface area (Å²) in [5, 5.41) is 5.51. The molecule has 2 aromatic heterocycles. The molecule has 1 N–H and O–H groups in total. The van der Waals surface area contributed by atoms with Gasteiger partial charge in [-0.2, -0.15) is 5.10 Å². The Labute approximate surface area is 94.3 Å². The predicted molar refractivity (Wildman–Crippen MR) is 64.7 cm³/mol. The molecule has 0 aromatic carbocycles. The van der Waals surface area contributed by atoms with Crippen LogP contribution in [0.15, 0.2) is 10.9 Å². The highest BCUT2D eigenvalue weighted by molar-refractivity contribution is 5.81. The molecule has 0 fully saturated rings. The van der Waals surface area contributed by atoms with E-state index < -0.39 is 0 Å². The highest BCUT2D eigenvalue weighted by atomic mass is 16.1. The zero-order valence-corrected chi connectivity index (χ0v) is 10.0. The predicted octanol–water partition coefficient (Wildman–Crippen LogP) is 2.14. The molecule has 0 atom stereocenters. The zero-order valence-electron chi connectivity index (χ0n) is 10.0. The number of aromatic nitrogens is 3. The minimum atomic E-state index is -0.0786. The van der Waals surface area contributed by atoms with E-state index in [0.717, 1.165) is 36.0 Å². The number of nitrogens with zero attached hydrogens (tertiary/aromatic N) is 2. The van der Waals surface area contributed by atoms with E-state index >= 15 is 0 Å². The van der Waals surface area contributed by atoms with E-state index in [1.807, 2.05) is 11.6 Å². The highest BCUT2D eigenvalue weighted by Gasteiger charge is 2.10. The third kappa shape index (κ3) is 1.75. The molecule has 2 aromatic rings. The van der Waals surface area contributed by atoms with Gasteiger partial charge in [-0.3, -0.25) is 9.48 Å². The molecular formula is C12H17N3O. The van der Waals surface area contributed by atoms with Crippen LogP contribution in [0.5, 0.6) is 0 Å². The number of pyridine rings is 1. The Morgan fingerprint density at radius 3 is 2.88 bits per heavy atom. The van der Waals surface area contributed by atoms with Gasteiger partial charge < -0.3 is 4.98 Å². The number of rotatable bonds is 3. The zero-order chi connectivity index (χ0) is 11.7. The van der Waals surface area contributed by atoms with Crippen LogP contribution in [0.25, 0.3) is 11.0 Å². The van der Waals surface area contributed by atoms with Gasteiger partial charge in [-0.1, -0.05) is 13.3 Å². The molecule has 0 spiro atoms. The number of hydrogen-bond acceptors (Lipinski definition) is 2. The van der Waals surface area contributed by atoms with Gasteiger partial charge in [0.05, 0.1) is 0 Å². The summed E-state index contributed by atoms with van der Waals surface area (Å²) >= 11 is 0. The molecule has 86 valence electrons. The van der Waals surface area contributed by atoms with Crippen LogP contribution in [0.3, 0.4) is 0 Å². The van der Waals surface area contributed by atoms with Gasteiger partial charge in [-0.15, -0.1) is 0 Å². The van der Waals surface area contributed by atoms with E-state index in [0.29, 0.717) is 5.65 Å². The van der Waals surface area contributed by atoms with Crippen molar-refractivity contribution in [2.75, 3.05) is 0 Å². The lowest BCUT2D eigenvalue weighted by molar-refractivity contribution is 0.563. The number of hydrogen-bond donors (Lipinski definition) is 1. The second-order valence-corrected chi connectivity index (χ2v) is 4.20. The molecule has 0 aliphatic rings. The van der Waals surface area contributed by atoms with Gasteiger partial charge in [0.25, 0.3) is 0 Å². The number of aromatic amines is 1. The van der Waals surface area contributed by atoms with Gasteiger partial charge in [0.2, 0.25) is 5.56 Å². The molecule has 2 heterocycles. The quantitative estimate of drug-likeness (QED) is 0.859. The maximum atomic E-state index is 11.3. The van der Waals surface area contributed by atoms with Crippen molar-refractivity contribution in [1.29, 1.82) is 0 Å². The Kier molecular flexibility index (Phi) is 2.81. The summed E-state index contributed by atoms with van der Waals surface area (Å²) in [6.45, 7) is 7.08. The number of nitrogens with one attached hydrogen (secondary N) is 1. The van der Waals surface area contributed by atoms with Crippen LogP contribution in [0, 0.1) is 13.8 Å². The van der Waals surface area contributed by atoms with Crippen LogP contribution in [0.4, 0.5) is 0 Å². The van der Waals surface area contributed by atoms with E-state index in [1.165, 1.54) is 0 Å². The number of fused-ring (bicyclic) bond motifs is 1. The summed E-state index contributed by atoms with van der Waals surface area (Å²) in [6, 6.07) is 1.63. The third-order valence-corrected chi connectivity index (χ3v) is 2.91. The van der Waals surface area contributed by atoms with E-state index in [1.54, 1.807) is 6.07 Å². The topological polar surface area (TPSA) is 50.7 Å². The summed E-state index contributed by atoms with van der Waals surface area (Å²) in [6.07, 6.45) is 2.25. The average Bonchev–Trinajstić information content (AvgIpc) is 2.52. The largest absolute Gasteiger partial charge is 0.305 e. The van der Waals surface area contributed by atoms with E-state index in [9.17, 15) is 4.79 Å². The smallest absolute Gasteiger partial charge is 0.249 e. The summed E-state index contributed by atoms with van der Waals surface area (Å²) in [5.41, 5.74) is 2.76. The minimum Gasteiger partial charge on any atom is -0.305 e. The molecule has 0 bridgehead atoms. The van der Waals surface area contributed by atoms with Crippen LogP contribution in [0.1, 0.15) is 31.0 Å². The van der Waals surface area contributed by atoms with Crippen molar-refractivity contribution >= 4 is 11.0 Å². The summed E-state index contributed by atoms with van der Waals surface area (Å²) in [7, 11) is 0. The summed E-state index contributed by atoms with van der Waals surface area (Å²) in [4.78, 5) is 14.1. The fourth-order valence-corrected chi connectivity index (χ4v) is 2.05. The Hall–Kier alpha value is -1.58. The number of unbranched alkanes of at least 4 members (excludes halogenated alkanes) is 1. The lowest BCUT2D eigenvalue weighted by Crippen LogP contribution is -2.04. The van der Waals surface area contributed by atoms with Gasteiger partial charge in [-0.25, -0.2) is 0 Å². The van der Waals surface area contributed by atoms with Crippen LogP contribution in [-0.2, 0) is 6.54 Å². The molecule has 0 aliphatic carbocycles. The number of H-pyrrole nitrogens is 1. The number of aryl methyl sites for hydroxylation is 3. The lowest BCUT2D eigenvalue weighted by atomic mass is 10.2. The van der Waals surface area contributed by atoms with E-state index in [4.69, 9.17) is 0 Å². The van der Waals surface area contributed by atoms with Crippen molar-refractivity contribution in [3.8, 4) is 0 Å². The standard InChI is InChI=1S/C12H17N3O/c1-4-5-6-15-9(3)11-8(2)7-10(16)13-12(11)14-15/h7H,4-6H2,1-3H3,(H,13,14,16). The van der Waals surface area contributed by atoms with Gasteiger partial charge >= 0.3 is 0 Å². The first-order valence-electron chi connectivity index (χ1n) is 5.70. The van der Waals surface area contributed by atoms with Crippen molar-refractivity contribution in [2.45, 2.75) is 40.2 Å². The molecule has 2 rings (SSSR count). The van der Waals surface area contributed by atoms with E-state index in [-0.39, 0.29) is 5.56 Å². The molecule has 0 unspecified atom stereocenters. The van der Waals surface area contributed by atoms with Crippen molar-refractivity contribution in [3.05, 3.63) is 27.7 Å². The molecule has 0 amide bonds. The molecular weight excluding hydrogens is 202 g/mol. The molecule has 0 aliphatic heterocycles. The first kappa shape index (κ1) is 10.9. The Balaban J connectivity index is 2.59. The normalized spacial score (nSPS) is 11.2. The second kappa shape index (κ2) is 4.12. The highest BCUT2D eigenvalue weighted by Crippen LogP contribution is 2.18. The third-order valence-electron chi connectivity index (χ3n) is 2.91. The molecule has 0 saturated carbocycles. The minimum absolute atomic E-state index is 0.0786. The molecule has 4 heteroatoms. The van der Waals surface area contributed by atoms with Crippen molar-refractivity contribution in [2.24, 2.45) is 0 Å². The monoisotopic (exact) mass is 219 g/mol. The Bertz CT molecular complexity index is 565. The van der Waals surface area contributed by atoms with Gasteiger partial charge in [-0.05, 0) is 25.8 Å². The van der Waals surface area contributed by atoms with Gasteiger partial charge in [0, 0.05) is 23.7 Å². The molecule has 0 saturated heterocycles. The first-order chi connectivity index (χ1) is 7.63. The Morgan fingerprint density at radius 2 is 2.19 bits per heavy atom. The maximum absolute atomic E-state index is 11.3. The van der Waals surface area contributed by atoms with Gasteiger partial charge in [0.15, 0.2) is 5.65 Å². The fraction of sp³-hybridized carbons (Fsp3) is 0.500. The first-order valence-corrected chi connectivity index (χ1v) is 5.70. The summed E-state index contributed by atoms with van der Waals surface area (Å²) < 4.78 is 1.98. The molecule has 4 nitrogen and oxygen atoms in total. The summed E-state index contributed by atoms with van der Waals surface area (Å²) in [5.74, 6) is 0. The van der Waals surface area contributed by atoms with Crippen LogP contribution in [0.2, 0.25) is 0 Å². The second-order valence-electron chi connectivity index (χ2n) is 4.20. The maximum Gasteiger partial charge on any atom is 0.249 e. The van der Waals surface area contributed by atoms with E-state index in [2.05, 4.69) is 23.9 Å². The van der Waals surface area contributed by atoms with Crippen LogP contribution >= 0.6 is 0 Å². The SMILES string of the molecule is CCCCn1nc2[nH]c(=O)cc(C)c2c1C. The average molecular weight is 219 g/mol. The van der Waals surface area contributed by atoms with Crippen LogP contribution < -0.4 is 5.56 Å². The van der Waals surface area contributed by atoms with Gasteiger partial charge in [0.1, 0.15) is 0 Å².